The van der Waals surface area contributed by atoms with Gasteiger partial charge in [0.2, 0.25) is 0 Å². The summed E-state index contributed by atoms with van der Waals surface area (Å²) in [6.45, 7) is 7.03. The third-order valence-electron chi connectivity index (χ3n) is 3.75. The van der Waals surface area contributed by atoms with Gasteiger partial charge in [0.1, 0.15) is 6.61 Å². The molecule has 1 aromatic heterocycles. The van der Waals surface area contributed by atoms with Crippen LogP contribution in [0.15, 0.2) is 5.16 Å². The molecule has 0 spiro atoms. The molecule has 1 unspecified atom stereocenters. The van der Waals surface area contributed by atoms with Crippen LogP contribution >= 0.6 is 11.8 Å². The maximum atomic E-state index is 10.7. The molecule has 2 heterocycles. The molecule has 1 saturated heterocycles. The largest absolute Gasteiger partial charge is 0.481 e. The molecule has 1 atom stereocenters. The molecule has 21 heavy (non-hydrogen) atoms. The van der Waals surface area contributed by atoms with Crippen molar-refractivity contribution in [1.82, 2.24) is 19.7 Å². The normalized spacial score (nSPS) is 19.5. The van der Waals surface area contributed by atoms with Crippen molar-refractivity contribution in [2.24, 2.45) is 5.92 Å². The van der Waals surface area contributed by atoms with Crippen LogP contribution in [-0.2, 0) is 17.9 Å². The van der Waals surface area contributed by atoms with Gasteiger partial charge in [0.05, 0.1) is 5.75 Å². The van der Waals surface area contributed by atoms with Gasteiger partial charge in [-0.3, -0.25) is 4.79 Å². The summed E-state index contributed by atoms with van der Waals surface area (Å²) in [4.78, 5) is 13.1. The standard InChI is InChI=1S/C13H22N4O3S/c1-9(2)16-4-3-10(5-16)6-17-11(7-18)14-15-13(17)21-8-12(19)20/h9-10,18H,3-8H2,1-2H3,(H,19,20). The Labute approximate surface area is 128 Å². The monoisotopic (exact) mass is 314 g/mol. The van der Waals surface area contributed by atoms with E-state index < -0.39 is 5.97 Å². The van der Waals surface area contributed by atoms with Crippen LogP contribution in [0.1, 0.15) is 26.1 Å². The summed E-state index contributed by atoms with van der Waals surface area (Å²) in [6, 6.07) is 0.536. The Morgan fingerprint density at radius 3 is 2.81 bits per heavy atom. The van der Waals surface area contributed by atoms with Gasteiger partial charge in [-0.25, -0.2) is 0 Å². The van der Waals surface area contributed by atoms with E-state index >= 15 is 0 Å². The number of hydrogen-bond donors (Lipinski definition) is 2. The van der Waals surface area contributed by atoms with Gasteiger partial charge in [0, 0.05) is 19.1 Å². The Kier molecular flexibility index (Phi) is 5.60. The first-order valence-corrected chi connectivity index (χ1v) is 8.11. The number of carboxylic acids is 1. The van der Waals surface area contributed by atoms with Crippen molar-refractivity contribution >= 4 is 17.7 Å². The van der Waals surface area contributed by atoms with Crippen molar-refractivity contribution in [2.75, 3.05) is 18.8 Å². The Balaban J connectivity index is 2.04. The topological polar surface area (TPSA) is 91.5 Å². The van der Waals surface area contributed by atoms with E-state index in [0.29, 0.717) is 22.9 Å². The Bertz CT molecular complexity index is 492. The average Bonchev–Trinajstić information content (AvgIpc) is 3.04. The lowest BCUT2D eigenvalue weighted by atomic mass is 10.1. The molecule has 2 rings (SSSR count). The zero-order valence-corrected chi connectivity index (χ0v) is 13.2. The molecule has 0 aliphatic carbocycles. The number of hydrogen-bond acceptors (Lipinski definition) is 6. The lowest BCUT2D eigenvalue weighted by Crippen LogP contribution is -2.29. The van der Waals surface area contributed by atoms with E-state index in [-0.39, 0.29) is 12.4 Å². The van der Waals surface area contributed by atoms with E-state index in [4.69, 9.17) is 5.11 Å². The van der Waals surface area contributed by atoms with Gasteiger partial charge >= 0.3 is 5.97 Å². The van der Waals surface area contributed by atoms with Crippen LogP contribution < -0.4 is 0 Å². The van der Waals surface area contributed by atoms with Gasteiger partial charge in [-0.1, -0.05) is 11.8 Å². The van der Waals surface area contributed by atoms with Crippen molar-refractivity contribution in [3.05, 3.63) is 5.82 Å². The van der Waals surface area contributed by atoms with Crippen LogP contribution in [0.25, 0.3) is 0 Å². The molecular weight excluding hydrogens is 292 g/mol. The van der Waals surface area contributed by atoms with E-state index in [9.17, 15) is 9.90 Å². The molecule has 2 N–H and O–H groups in total. The second kappa shape index (κ2) is 7.24. The number of thioether (sulfide) groups is 1. The van der Waals surface area contributed by atoms with Gasteiger partial charge in [-0.2, -0.15) is 0 Å². The van der Waals surface area contributed by atoms with E-state index in [1.54, 1.807) is 0 Å². The number of aliphatic carboxylic acids is 1. The molecule has 7 nitrogen and oxygen atoms in total. The summed E-state index contributed by atoms with van der Waals surface area (Å²) in [5, 5.41) is 26.7. The quantitative estimate of drug-likeness (QED) is 0.715. The van der Waals surface area contributed by atoms with Crippen LogP contribution in [0, 0.1) is 5.92 Å². The molecular formula is C13H22N4O3S. The number of aliphatic hydroxyl groups is 1. The number of likely N-dealkylation sites (tertiary alicyclic amines) is 1. The molecule has 1 fully saturated rings. The molecule has 0 saturated carbocycles. The van der Waals surface area contributed by atoms with Crippen LogP contribution in [0.3, 0.4) is 0 Å². The van der Waals surface area contributed by atoms with Gasteiger partial charge in [0.15, 0.2) is 11.0 Å². The molecule has 118 valence electrons. The second-order valence-electron chi connectivity index (χ2n) is 5.59. The Morgan fingerprint density at radius 1 is 1.48 bits per heavy atom. The number of carboxylic acid groups (broad SMARTS) is 1. The predicted octanol–water partition coefficient (Wildman–Crippen LogP) is 0.677. The first-order valence-electron chi connectivity index (χ1n) is 7.12. The summed E-state index contributed by atoms with van der Waals surface area (Å²) in [6.07, 6.45) is 1.10. The maximum Gasteiger partial charge on any atom is 0.313 e. The Morgan fingerprint density at radius 2 is 2.24 bits per heavy atom. The fourth-order valence-electron chi connectivity index (χ4n) is 2.59. The van der Waals surface area contributed by atoms with Crippen LogP contribution in [0.5, 0.6) is 0 Å². The van der Waals surface area contributed by atoms with Crippen LogP contribution in [0.4, 0.5) is 0 Å². The lowest BCUT2D eigenvalue weighted by Gasteiger charge is -2.20. The highest BCUT2D eigenvalue weighted by Gasteiger charge is 2.26. The molecule has 8 heteroatoms. The fourth-order valence-corrected chi connectivity index (χ4v) is 3.28. The summed E-state index contributed by atoms with van der Waals surface area (Å²) < 4.78 is 1.86. The lowest BCUT2D eigenvalue weighted by molar-refractivity contribution is -0.133. The van der Waals surface area contributed by atoms with Crippen LogP contribution in [0.2, 0.25) is 0 Å². The summed E-state index contributed by atoms with van der Waals surface area (Å²) in [7, 11) is 0. The number of aromatic nitrogens is 3. The minimum Gasteiger partial charge on any atom is -0.481 e. The van der Waals surface area contributed by atoms with Gasteiger partial charge in [-0.15, -0.1) is 10.2 Å². The zero-order chi connectivity index (χ0) is 15.4. The summed E-state index contributed by atoms with van der Waals surface area (Å²) in [5.41, 5.74) is 0. The third kappa shape index (κ3) is 4.18. The first kappa shape index (κ1) is 16.3. The van der Waals surface area contributed by atoms with E-state index in [1.807, 2.05) is 4.57 Å². The zero-order valence-electron chi connectivity index (χ0n) is 12.4. The van der Waals surface area contributed by atoms with Crippen LogP contribution in [-0.4, -0.2) is 60.7 Å². The van der Waals surface area contributed by atoms with Gasteiger partial charge < -0.3 is 19.7 Å². The van der Waals surface area contributed by atoms with E-state index in [1.165, 1.54) is 0 Å². The van der Waals surface area contributed by atoms with Gasteiger partial charge in [-0.05, 0) is 32.7 Å². The molecule has 0 bridgehead atoms. The number of aliphatic hydroxyl groups excluding tert-OH is 1. The van der Waals surface area contributed by atoms with Crippen molar-refractivity contribution < 1.29 is 15.0 Å². The third-order valence-corrected chi connectivity index (χ3v) is 4.70. The Hall–Kier alpha value is -1.12. The summed E-state index contributed by atoms with van der Waals surface area (Å²) >= 11 is 1.15. The molecule has 0 radical (unpaired) electrons. The molecule has 0 amide bonds. The van der Waals surface area contributed by atoms with Gasteiger partial charge in [0.25, 0.3) is 0 Å². The molecule has 1 aliphatic rings. The van der Waals surface area contributed by atoms with E-state index in [0.717, 1.165) is 37.8 Å². The SMILES string of the molecule is CC(C)N1CCC(Cn2c(CO)nnc2SCC(=O)O)C1. The van der Waals surface area contributed by atoms with Crippen molar-refractivity contribution in [1.29, 1.82) is 0 Å². The van der Waals surface area contributed by atoms with Crippen molar-refractivity contribution in [3.8, 4) is 0 Å². The van der Waals surface area contributed by atoms with Crippen molar-refractivity contribution in [3.63, 3.8) is 0 Å². The highest BCUT2D eigenvalue weighted by Crippen LogP contribution is 2.24. The predicted molar refractivity (Wildman–Crippen MR) is 79.1 cm³/mol. The van der Waals surface area contributed by atoms with E-state index in [2.05, 4.69) is 28.9 Å². The smallest absolute Gasteiger partial charge is 0.313 e. The minimum absolute atomic E-state index is 0.0493. The number of rotatable bonds is 7. The highest BCUT2D eigenvalue weighted by molar-refractivity contribution is 7.99. The molecule has 0 aromatic carbocycles. The first-order chi connectivity index (χ1) is 10.0. The fraction of sp³-hybridized carbons (Fsp3) is 0.769. The maximum absolute atomic E-state index is 10.7. The highest BCUT2D eigenvalue weighted by atomic mass is 32.2. The van der Waals surface area contributed by atoms with Crippen molar-refractivity contribution in [2.45, 2.75) is 44.6 Å². The number of carbonyl (C=O) groups is 1. The average molecular weight is 314 g/mol. The molecule has 1 aliphatic heterocycles. The minimum atomic E-state index is -0.882. The number of nitrogens with zero attached hydrogens (tertiary/aromatic N) is 4. The summed E-state index contributed by atoms with van der Waals surface area (Å²) in [5.74, 6) is 0.0579. The molecule has 1 aromatic rings. The second-order valence-corrected chi connectivity index (χ2v) is 6.54.